The Bertz CT molecular complexity index is 864. The van der Waals surface area contributed by atoms with Gasteiger partial charge in [0.1, 0.15) is 5.65 Å². The van der Waals surface area contributed by atoms with Gasteiger partial charge >= 0.3 is 6.18 Å². The van der Waals surface area contributed by atoms with Crippen molar-refractivity contribution in [1.82, 2.24) is 15.3 Å². The Morgan fingerprint density at radius 1 is 1.17 bits per heavy atom. The fourth-order valence-corrected chi connectivity index (χ4v) is 2.43. The Kier molecular flexibility index (Phi) is 4.24. The lowest BCUT2D eigenvalue weighted by Gasteiger charge is -2.09. The summed E-state index contributed by atoms with van der Waals surface area (Å²) in [5.41, 5.74) is 2.95. The van der Waals surface area contributed by atoms with Crippen molar-refractivity contribution in [1.29, 1.82) is 0 Å². The van der Waals surface area contributed by atoms with Crippen molar-refractivity contribution in [2.75, 3.05) is 6.54 Å². The van der Waals surface area contributed by atoms with Gasteiger partial charge in [0.05, 0.1) is 6.42 Å². The molecule has 2 aromatic heterocycles. The SMILES string of the molecule is O=C(NCCC(F)(F)F)c1ccc(-c2ccnc3[nH]ccc23)cc1.[HH].[HH]. The molecule has 0 radical (unpaired) electrons. The zero-order valence-corrected chi connectivity index (χ0v) is 12.5. The first-order chi connectivity index (χ1) is 11.4. The zero-order valence-electron chi connectivity index (χ0n) is 12.5. The Labute approximate surface area is 138 Å². The standard InChI is InChI=1S/C17H14F3N3O.2H2/c18-17(19,20)7-10-23-16(24)12-3-1-11(2-4-12)13-5-8-21-15-14(13)6-9-22-15;;/h1-6,8-9H,7,10H2,(H,21,22)(H,23,24);2*1H. The maximum Gasteiger partial charge on any atom is 0.390 e. The summed E-state index contributed by atoms with van der Waals surface area (Å²) in [7, 11) is 0. The van der Waals surface area contributed by atoms with E-state index in [1.807, 2.05) is 12.1 Å². The maximum atomic E-state index is 12.1. The van der Waals surface area contributed by atoms with E-state index in [-0.39, 0.29) is 2.85 Å². The molecule has 0 aliphatic rings. The molecular weight excluding hydrogens is 319 g/mol. The Morgan fingerprint density at radius 2 is 1.92 bits per heavy atom. The number of benzene rings is 1. The number of nitrogens with zero attached hydrogens (tertiary/aromatic N) is 1. The second kappa shape index (κ2) is 6.35. The highest BCUT2D eigenvalue weighted by molar-refractivity contribution is 5.96. The normalized spacial score (nSPS) is 11.6. The van der Waals surface area contributed by atoms with Crippen molar-refractivity contribution in [3.63, 3.8) is 0 Å². The second-order valence-corrected chi connectivity index (χ2v) is 5.30. The minimum Gasteiger partial charge on any atom is -0.352 e. The van der Waals surface area contributed by atoms with E-state index in [4.69, 9.17) is 0 Å². The van der Waals surface area contributed by atoms with Crippen LogP contribution >= 0.6 is 0 Å². The van der Waals surface area contributed by atoms with Crippen molar-refractivity contribution in [2.45, 2.75) is 12.6 Å². The van der Waals surface area contributed by atoms with E-state index >= 15 is 0 Å². The van der Waals surface area contributed by atoms with Crippen LogP contribution in [0.3, 0.4) is 0 Å². The molecule has 0 atom stereocenters. The van der Waals surface area contributed by atoms with Gasteiger partial charge in [0.2, 0.25) is 0 Å². The number of rotatable bonds is 4. The number of alkyl halides is 3. The maximum absolute atomic E-state index is 12.1. The molecule has 0 aliphatic heterocycles. The molecule has 1 aromatic carbocycles. The molecule has 2 heterocycles. The first-order valence-corrected chi connectivity index (χ1v) is 7.31. The van der Waals surface area contributed by atoms with E-state index in [0.717, 1.165) is 22.2 Å². The van der Waals surface area contributed by atoms with E-state index < -0.39 is 25.0 Å². The lowest BCUT2D eigenvalue weighted by Crippen LogP contribution is -2.27. The molecule has 0 saturated heterocycles. The van der Waals surface area contributed by atoms with E-state index in [1.54, 1.807) is 36.7 Å². The van der Waals surface area contributed by atoms with Crippen molar-refractivity contribution >= 4 is 16.9 Å². The molecule has 2 N–H and O–H groups in total. The average molecular weight is 337 g/mol. The lowest BCUT2D eigenvalue weighted by molar-refractivity contribution is -0.132. The van der Waals surface area contributed by atoms with Gasteiger partial charge in [0.15, 0.2) is 0 Å². The van der Waals surface area contributed by atoms with Gasteiger partial charge < -0.3 is 10.3 Å². The average Bonchev–Trinajstić information content (AvgIpc) is 3.02. The van der Waals surface area contributed by atoms with Crippen LogP contribution in [0.2, 0.25) is 0 Å². The zero-order chi connectivity index (χ0) is 17.2. The van der Waals surface area contributed by atoms with Crippen molar-refractivity contribution in [3.05, 3.63) is 54.4 Å². The number of halogens is 3. The number of H-pyrrole nitrogens is 1. The van der Waals surface area contributed by atoms with Crippen molar-refractivity contribution in [3.8, 4) is 11.1 Å². The summed E-state index contributed by atoms with van der Waals surface area (Å²) in [6, 6.07) is 10.5. The third-order valence-electron chi connectivity index (χ3n) is 3.61. The van der Waals surface area contributed by atoms with Gasteiger partial charge in [-0.2, -0.15) is 13.2 Å². The molecule has 0 unspecified atom stereocenters. The quantitative estimate of drug-likeness (QED) is 0.741. The first kappa shape index (κ1) is 16.0. The molecule has 3 aromatic rings. The molecule has 0 saturated carbocycles. The van der Waals surface area contributed by atoms with Crippen LogP contribution in [0.4, 0.5) is 13.2 Å². The number of aromatic amines is 1. The summed E-state index contributed by atoms with van der Waals surface area (Å²) in [6.45, 7) is -0.432. The first-order valence-electron chi connectivity index (χ1n) is 7.31. The summed E-state index contributed by atoms with van der Waals surface area (Å²) >= 11 is 0. The van der Waals surface area contributed by atoms with Crippen molar-refractivity contribution < 1.29 is 20.8 Å². The van der Waals surface area contributed by atoms with Gasteiger partial charge in [-0.25, -0.2) is 4.98 Å². The van der Waals surface area contributed by atoms with Crippen LogP contribution in [0, 0.1) is 0 Å². The molecule has 4 nitrogen and oxygen atoms in total. The summed E-state index contributed by atoms with van der Waals surface area (Å²) in [5.74, 6) is -0.521. The molecule has 1 amide bonds. The molecule has 0 spiro atoms. The highest BCUT2D eigenvalue weighted by Gasteiger charge is 2.26. The number of nitrogens with one attached hydrogen (secondary N) is 2. The monoisotopic (exact) mass is 337 g/mol. The second-order valence-electron chi connectivity index (χ2n) is 5.30. The lowest BCUT2D eigenvalue weighted by atomic mass is 10.0. The van der Waals surface area contributed by atoms with Crippen LogP contribution in [0.25, 0.3) is 22.2 Å². The molecule has 0 bridgehead atoms. The van der Waals surface area contributed by atoms with E-state index in [1.165, 1.54) is 0 Å². The fourth-order valence-electron chi connectivity index (χ4n) is 2.43. The van der Waals surface area contributed by atoms with Gasteiger partial charge in [-0.05, 0) is 35.4 Å². The third-order valence-corrected chi connectivity index (χ3v) is 3.61. The smallest absolute Gasteiger partial charge is 0.352 e. The highest BCUT2D eigenvalue weighted by Crippen LogP contribution is 2.27. The Hall–Kier alpha value is -2.83. The number of pyridine rings is 1. The van der Waals surface area contributed by atoms with Crippen LogP contribution in [0.5, 0.6) is 0 Å². The van der Waals surface area contributed by atoms with Gasteiger partial charge in [-0.3, -0.25) is 4.79 Å². The van der Waals surface area contributed by atoms with E-state index in [0.29, 0.717) is 5.56 Å². The van der Waals surface area contributed by atoms with E-state index in [2.05, 4.69) is 15.3 Å². The van der Waals surface area contributed by atoms with E-state index in [9.17, 15) is 18.0 Å². The van der Waals surface area contributed by atoms with Gasteiger partial charge in [0, 0.05) is 32.7 Å². The number of aromatic nitrogens is 2. The number of hydrogen-bond donors (Lipinski definition) is 2. The minimum atomic E-state index is -4.28. The van der Waals surface area contributed by atoms with Crippen LogP contribution in [-0.4, -0.2) is 28.6 Å². The van der Waals surface area contributed by atoms with Crippen LogP contribution in [-0.2, 0) is 0 Å². The highest BCUT2D eigenvalue weighted by atomic mass is 19.4. The van der Waals surface area contributed by atoms with Crippen LogP contribution in [0.15, 0.2) is 48.8 Å². The van der Waals surface area contributed by atoms with Gasteiger partial charge in [-0.1, -0.05) is 12.1 Å². The Balaban J connectivity index is 0.00000169. The minimum absolute atomic E-state index is 0. The molecule has 0 aliphatic carbocycles. The number of carbonyl (C=O) groups is 1. The Morgan fingerprint density at radius 3 is 2.62 bits per heavy atom. The molecule has 128 valence electrons. The topological polar surface area (TPSA) is 57.8 Å². The van der Waals surface area contributed by atoms with Gasteiger partial charge in [0.25, 0.3) is 5.91 Å². The predicted octanol–water partition coefficient (Wildman–Crippen LogP) is 4.40. The largest absolute Gasteiger partial charge is 0.390 e. The third kappa shape index (κ3) is 3.56. The van der Waals surface area contributed by atoms with Crippen LogP contribution < -0.4 is 5.32 Å². The summed E-state index contributed by atoms with van der Waals surface area (Å²) in [6.07, 6.45) is -1.84. The number of amides is 1. The number of fused-ring (bicyclic) bond motifs is 1. The van der Waals surface area contributed by atoms with Crippen LogP contribution in [0.1, 0.15) is 19.6 Å². The number of hydrogen-bond acceptors (Lipinski definition) is 2. The molecule has 7 heteroatoms. The fraction of sp³-hybridized carbons (Fsp3) is 0.176. The molecule has 3 rings (SSSR count). The molecular formula is C17H18F3N3O. The summed E-state index contributed by atoms with van der Waals surface area (Å²) in [4.78, 5) is 19.1. The van der Waals surface area contributed by atoms with Crippen molar-refractivity contribution in [2.24, 2.45) is 0 Å². The summed E-state index contributed by atoms with van der Waals surface area (Å²) in [5, 5.41) is 3.22. The number of carbonyl (C=O) groups excluding carboxylic acids is 1. The van der Waals surface area contributed by atoms with Gasteiger partial charge in [-0.15, -0.1) is 0 Å². The predicted molar refractivity (Wildman–Crippen MR) is 88.8 cm³/mol. The molecule has 0 fully saturated rings. The summed E-state index contributed by atoms with van der Waals surface area (Å²) < 4.78 is 36.3. The molecule has 24 heavy (non-hydrogen) atoms.